The third-order valence-electron chi connectivity index (χ3n) is 5.75. The van der Waals surface area contributed by atoms with Gasteiger partial charge in [-0.2, -0.15) is 0 Å². The summed E-state index contributed by atoms with van der Waals surface area (Å²) in [6.07, 6.45) is 1.45. The smallest absolute Gasteiger partial charge is 0.354 e. The maximum Gasteiger partial charge on any atom is 0.354 e. The molecule has 1 unspecified atom stereocenters. The third kappa shape index (κ3) is 3.70. The van der Waals surface area contributed by atoms with Crippen LogP contribution in [0.1, 0.15) is 21.6 Å². The molecule has 0 bridgehead atoms. The van der Waals surface area contributed by atoms with Crippen molar-refractivity contribution < 1.29 is 27.5 Å². The average molecular weight is 470 g/mol. The fourth-order valence-corrected chi connectivity index (χ4v) is 4.09. The van der Waals surface area contributed by atoms with Crippen molar-refractivity contribution in [2.45, 2.75) is 12.1 Å². The number of esters is 1. The summed E-state index contributed by atoms with van der Waals surface area (Å²) < 4.78 is 47.0. The maximum atomic E-state index is 13.8. The zero-order valence-corrected chi connectivity index (χ0v) is 18.4. The van der Waals surface area contributed by atoms with E-state index in [2.05, 4.69) is 4.99 Å². The van der Waals surface area contributed by atoms with Crippen LogP contribution in [0.15, 0.2) is 59.7 Å². The van der Waals surface area contributed by atoms with Crippen molar-refractivity contribution in [2.75, 3.05) is 20.8 Å². The minimum Gasteiger partial charge on any atom is -0.464 e. The van der Waals surface area contributed by atoms with Gasteiger partial charge in [0.15, 0.2) is 11.5 Å². The maximum absolute atomic E-state index is 13.8. The number of carbonyl (C=O) groups is 2. The lowest BCUT2D eigenvalue weighted by Gasteiger charge is -2.25. The first-order valence-corrected chi connectivity index (χ1v) is 10.3. The van der Waals surface area contributed by atoms with Crippen molar-refractivity contribution in [3.8, 4) is 11.1 Å². The molecular formula is C24H21F3N4O3. The van der Waals surface area contributed by atoms with Gasteiger partial charge in [-0.3, -0.25) is 9.69 Å². The molecule has 2 heterocycles. The van der Waals surface area contributed by atoms with Gasteiger partial charge in [-0.1, -0.05) is 18.2 Å². The highest BCUT2D eigenvalue weighted by molar-refractivity contribution is 6.09. The molecular weight excluding hydrogens is 449 g/mol. The van der Waals surface area contributed by atoms with Crippen LogP contribution in [0.25, 0.3) is 11.1 Å². The zero-order chi connectivity index (χ0) is 24.6. The second-order valence-corrected chi connectivity index (χ2v) is 7.77. The summed E-state index contributed by atoms with van der Waals surface area (Å²) in [6.45, 7) is -0.905. The first kappa shape index (κ1) is 23.1. The number of ether oxygens (including phenoxy) is 1. The van der Waals surface area contributed by atoms with E-state index in [1.165, 1.54) is 48.0 Å². The van der Waals surface area contributed by atoms with Crippen molar-refractivity contribution in [3.05, 3.63) is 83.2 Å². The van der Waals surface area contributed by atoms with Crippen LogP contribution in [0.4, 0.5) is 13.2 Å². The van der Waals surface area contributed by atoms with Crippen LogP contribution in [0.2, 0.25) is 0 Å². The number of halogens is 3. The summed E-state index contributed by atoms with van der Waals surface area (Å²) in [5, 5.41) is 0. The summed E-state index contributed by atoms with van der Waals surface area (Å²) in [6, 6.07) is 11.0. The Morgan fingerprint density at radius 2 is 1.79 bits per heavy atom. The van der Waals surface area contributed by atoms with Gasteiger partial charge in [0.05, 0.1) is 13.7 Å². The van der Waals surface area contributed by atoms with Gasteiger partial charge in [-0.05, 0) is 41.0 Å². The highest BCUT2D eigenvalue weighted by atomic mass is 19.1. The highest BCUT2D eigenvalue weighted by Gasteiger charge is 2.50. The molecule has 2 aromatic carbocycles. The fourth-order valence-electron chi connectivity index (χ4n) is 4.09. The highest BCUT2D eigenvalue weighted by Crippen LogP contribution is 2.41. The van der Waals surface area contributed by atoms with E-state index in [1.54, 1.807) is 24.3 Å². The van der Waals surface area contributed by atoms with Crippen molar-refractivity contribution in [3.63, 3.8) is 0 Å². The second-order valence-electron chi connectivity index (χ2n) is 7.77. The number of carbonyl (C=O) groups excluding carboxylic acids is 2. The quantitative estimate of drug-likeness (QED) is 0.561. The van der Waals surface area contributed by atoms with Crippen LogP contribution < -0.4 is 5.73 Å². The number of hydrogen-bond acceptors (Lipinski definition) is 5. The predicted octanol–water partition coefficient (Wildman–Crippen LogP) is 3.22. The number of guanidine groups is 1. The van der Waals surface area contributed by atoms with Crippen molar-refractivity contribution >= 4 is 17.8 Å². The molecule has 0 radical (unpaired) electrons. The van der Waals surface area contributed by atoms with Crippen LogP contribution in [0.5, 0.6) is 0 Å². The molecule has 34 heavy (non-hydrogen) atoms. The van der Waals surface area contributed by atoms with Gasteiger partial charge in [-0.15, -0.1) is 0 Å². The Balaban J connectivity index is 1.95. The van der Waals surface area contributed by atoms with Crippen molar-refractivity contribution in [1.82, 2.24) is 9.47 Å². The summed E-state index contributed by atoms with van der Waals surface area (Å²) in [7, 11) is 2.64. The normalized spacial score (nSPS) is 17.7. The lowest BCUT2D eigenvalue weighted by atomic mass is 9.83. The minimum absolute atomic E-state index is 0.0361. The number of hydrogen-bond donors (Lipinski definition) is 1. The molecule has 0 saturated heterocycles. The number of aryl methyl sites for hydroxylation is 1. The Morgan fingerprint density at radius 1 is 1.09 bits per heavy atom. The molecule has 0 aliphatic carbocycles. The Kier molecular flexibility index (Phi) is 5.90. The SMILES string of the molecule is COC(=O)c1cc(C2(c3cccc(-c4cc(F)cc(F)c4)c3)N=C(N)N(C)C2=O)cn1CCF. The van der Waals surface area contributed by atoms with Gasteiger partial charge in [-0.25, -0.2) is 23.0 Å². The molecule has 10 heteroatoms. The lowest BCUT2D eigenvalue weighted by Crippen LogP contribution is -2.41. The van der Waals surface area contributed by atoms with E-state index in [4.69, 9.17) is 10.5 Å². The number of aromatic nitrogens is 1. The van der Waals surface area contributed by atoms with E-state index in [-0.39, 0.29) is 29.3 Å². The van der Waals surface area contributed by atoms with Crippen molar-refractivity contribution in [1.29, 1.82) is 0 Å². The molecule has 1 aliphatic heterocycles. The topological polar surface area (TPSA) is 89.9 Å². The number of nitrogens with zero attached hydrogens (tertiary/aromatic N) is 3. The molecule has 1 aliphatic rings. The molecule has 0 fully saturated rings. The molecule has 1 atom stereocenters. The first-order chi connectivity index (χ1) is 16.2. The van der Waals surface area contributed by atoms with Gasteiger partial charge in [0.25, 0.3) is 5.91 Å². The molecule has 4 rings (SSSR count). The molecule has 3 aromatic rings. The summed E-state index contributed by atoms with van der Waals surface area (Å²) in [5.41, 5.74) is 5.63. The van der Waals surface area contributed by atoms with Gasteiger partial charge >= 0.3 is 5.97 Å². The summed E-state index contributed by atoms with van der Waals surface area (Å²) >= 11 is 0. The second kappa shape index (κ2) is 8.69. The molecule has 1 amide bonds. The molecule has 2 N–H and O–H groups in total. The van der Waals surface area contributed by atoms with Crippen LogP contribution >= 0.6 is 0 Å². The molecule has 0 spiro atoms. The Morgan fingerprint density at radius 3 is 2.38 bits per heavy atom. The monoisotopic (exact) mass is 470 g/mol. The Labute approximate surface area is 193 Å². The van der Waals surface area contributed by atoms with E-state index >= 15 is 0 Å². The van der Waals surface area contributed by atoms with E-state index < -0.39 is 35.7 Å². The number of methoxy groups -OCH3 is 1. The van der Waals surface area contributed by atoms with Crippen molar-refractivity contribution in [2.24, 2.45) is 10.7 Å². The number of alkyl halides is 1. The van der Waals surface area contributed by atoms with Gasteiger partial charge in [0.2, 0.25) is 0 Å². The van der Waals surface area contributed by atoms with Crippen LogP contribution in [-0.2, 0) is 21.6 Å². The molecule has 1 aromatic heterocycles. The standard InChI is InChI=1S/C24H21F3N4O3/c1-30-22(33)24(29-23(30)28,17-11-20(21(32)34-2)31(13-17)7-6-25)16-5-3-4-14(8-16)15-9-18(26)12-19(27)10-15/h3-5,8-13H,6-7H2,1-2H3,(H2,28,29). The first-order valence-electron chi connectivity index (χ1n) is 10.3. The molecule has 7 nitrogen and oxygen atoms in total. The predicted molar refractivity (Wildman–Crippen MR) is 119 cm³/mol. The zero-order valence-electron chi connectivity index (χ0n) is 18.4. The molecule has 176 valence electrons. The number of nitrogens with two attached hydrogens (primary N) is 1. The van der Waals surface area contributed by atoms with E-state index in [1.807, 2.05) is 0 Å². The number of likely N-dealkylation sites (N-methyl/N-ethyl adjacent to an activating group) is 1. The van der Waals surface area contributed by atoms with Gasteiger partial charge in [0.1, 0.15) is 24.0 Å². The Bertz CT molecular complexity index is 1300. The number of amides is 1. The Hall–Kier alpha value is -4.08. The van der Waals surface area contributed by atoms with E-state index in [0.717, 1.165) is 6.07 Å². The third-order valence-corrected chi connectivity index (χ3v) is 5.75. The summed E-state index contributed by atoms with van der Waals surface area (Å²) in [4.78, 5) is 31.4. The number of aliphatic imine (C=N–C) groups is 1. The average Bonchev–Trinajstić information content (AvgIpc) is 3.33. The van der Waals surface area contributed by atoms with Gasteiger partial charge < -0.3 is 15.0 Å². The lowest BCUT2D eigenvalue weighted by molar-refractivity contribution is -0.129. The number of rotatable bonds is 6. The largest absolute Gasteiger partial charge is 0.464 e. The number of benzene rings is 2. The molecule has 0 saturated carbocycles. The minimum atomic E-state index is -1.70. The van der Waals surface area contributed by atoms with Crippen LogP contribution in [0, 0.1) is 11.6 Å². The summed E-state index contributed by atoms with van der Waals surface area (Å²) in [5.74, 6) is -2.79. The van der Waals surface area contributed by atoms with E-state index in [0.29, 0.717) is 11.1 Å². The fraction of sp³-hybridized carbons (Fsp3) is 0.208. The van der Waals surface area contributed by atoms with Gasteiger partial charge in [0, 0.05) is 24.9 Å². The van der Waals surface area contributed by atoms with E-state index in [9.17, 15) is 22.8 Å². The van der Waals surface area contributed by atoms with Crippen LogP contribution in [0.3, 0.4) is 0 Å². The van der Waals surface area contributed by atoms with Crippen LogP contribution in [-0.4, -0.2) is 48.1 Å².